The summed E-state index contributed by atoms with van der Waals surface area (Å²) in [5.41, 5.74) is 0.410. The van der Waals surface area contributed by atoms with Gasteiger partial charge in [0.1, 0.15) is 0 Å². The van der Waals surface area contributed by atoms with Gasteiger partial charge >= 0.3 is 5.00 Å². The van der Waals surface area contributed by atoms with Crippen molar-refractivity contribution in [3.8, 4) is 0 Å². The van der Waals surface area contributed by atoms with Crippen LogP contribution in [0.2, 0.25) is 0 Å². The lowest BCUT2D eigenvalue weighted by Crippen LogP contribution is -2.57. The zero-order valence-corrected chi connectivity index (χ0v) is 11.1. The molecule has 1 aromatic rings. The van der Waals surface area contributed by atoms with Crippen molar-refractivity contribution in [2.24, 2.45) is 0 Å². The van der Waals surface area contributed by atoms with E-state index in [1.54, 1.807) is 10.3 Å². The average molecular weight is 269 g/mol. The fraction of sp³-hybridized carbons (Fsp3) is 0.545. The molecule has 1 fully saturated rings. The van der Waals surface area contributed by atoms with E-state index in [1.807, 2.05) is 13.8 Å². The second-order valence-electron chi connectivity index (χ2n) is 4.41. The van der Waals surface area contributed by atoms with E-state index in [0.717, 1.165) is 17.9 Å². The first kappa shape index (κ1) is 13.0. The van der Waals surface area contributed by atoms with E-state index in [0.29, 0.717) is 12.1 Å². The summed E-state index contributed by atoms with van der Waals surface area (Å²) < 4.78 is 0. The maximum atomic E-state index is 12.3. The van der Waals surface area contributed by atoms with Crippen LogP contribution in [0.15, 0.2) is 11.4 Å². The first-order chi connectivity index (χ1) is 8.50. The molecule has 1 aliphatic heterocycles. The van der Waals surface area contributed by atoms with Crippen LogP contribution in [0.1, 0.15) is 24.2 Å². The number of nitrogens with zero attached hydrogens (tertiary/aromatic N) is 2. The van der Waals surface area contributed by atoms with E-state index in [4.69, 9.17) is 0 Å². The predicted molar refractivity (Wildman–Crippen MR) is 68.9 cm³/mol. The highest BCUT2D eigenvalue weighted by molar-refractivity contribution is 7.13. The van der Waals surface area contributed by atoms with Crippen LogP contribution in [-0.2, 0) is 0 Å². The highest BCUT2D eigenvalue weighted by Crippen LogP contribution is 2.24. The number of rotatable bonds is 2. The van der Waals surface area contributed by atoms with Crippen LogP contribution in [0.5, 0.6) is 0 Å². The molecule has 2 heterocycles. The van der Waals surface area contributed by atoms with Crippen LogP contribution in [0.3, 0.4) is 0 Å². The fourth-order valence-corrected chi connectivity index (χ4v) is 2.74. The molecule has 0 radical (unpaired) electrons. The number of nitro groups is 1. The minimum atomic E-state index is -0.467. The fourth-order valence-electron chi connectivity index (χ4n) is 2.04. The molecule has 0 bridgehead atoms. The Kier molecular flexibility index (Phi) is 3.63. The molecule has 6 nitrogen and oxygen atoms in total. The maximum Gasteiger partial charge on any atom is 0.324 e. The zero-order valence-electron chi connectivity index (χ0n) is 10.3. The maximum absolute atomic E-state index is 12.3. The number of carbonyl (C=O) groups is 1. The third-order valence-electron chi connectivity index (χ3n) is 3.31. The summed E-state index contributed by atoms with van der Waals surface area (Å²) in [4.78, 5) is 24.2. The molecular formula is C11H15N3O3S. The number of hydrogen-bond acceptors (Lipinski definition) is 5. The van der Waals surface area contributed by atoms with Gasteiger partial charge in [0.15, 0.2) is 0 Å². The van der Waals surface area contributed by atoms with Gasteiger partial charge in [-0.25, -0.2) is 0 Å². The quantitative estimate of drug-likeness (QED) is 0.651. The van der Waals surface area contributed by atoms with Crippen molar-refractivity contribution < 1.29 is 9.72 Å². The van der Waals surface area contributed by atoms with Crippen LogP contribution in [-0.4, -0.2) is 40.9 Å². The minimum absolute atomic E-state index is 0.00851. The second kappa shape index (κ2) is 5.03. The Hall–Kier alpha value is -1.47. The van der Waals surface area contributed by atoms with Crippen molar-refractivity contribution in [3.05, 3.63) is 27.1 Å². The van der Waals surface area contributed by atoms with Crippen molar-refractivity contribution >= 4 is 22.2 Å². The summed E-state index contributed by atoms with van der Waals surface area (Å²) >= 11 is 0.990. The molecule has 1 saturated heterocycles. The van der Waals surface area contributed by atoms with Gasteiger partial charge in [0.05, 0.1) is 10.5 Å². The van der Waals surface area contributed by atoms with Gasteiger partial charge < -0.3 is 10.2 Å². The molecule has 1 aromatic heterocycles. The first-order valence-electron chi connectivity index (χ1n) is 5.78. The van der Waals surface area contributed by atoms with Crippen molar-refractivity contribution in [1.82, 2.24) is 10.2 Å². The number of nitrogens with one attached hydrogen (secondary N) is 1. The summed E-state index contributed by atoms with van der Waals surface area (Å²) in [7, 11) is 0. The molecule has 0 aliphatic carbocycles. The van der Waals surface area contributed by atoms with Crippen molar-refractivity contribution in [2.75, 3.05) is 13.1 Å². The van der Waals surface area contributed by atoms with Crippen molar-refractivity contribution in [2.45, 2.75) is 25.9 Å². The SMILES string of the molecule is CC1NCCN(C(=O)c2csc([N+](=O)[O-])c2)C1C. The Labute approximate surface area is 109 Å². The lowest BCUT2D eigenvalue weighted by molar-refractivity contribution is -0.380. The molecule has 1 N–H and O–H groups in total. The molecule has 98 valence electrons. The molecule has 0 aromatic carbocycles. The third kappa shape index (κ3) is 2.37. The van der Waals surface area contributed by atoms with Crippen LogP contribution in [0, 0.1) is 10.1 Å². The molecule has 2 unspecified atom stereocenters. The molecule has 0 saturated carbocycles. The Morgan fingerprint density at radius 2 is 2.33 bits per heavy atom. The van der Waals surface area contributed by atoms with Gasteiger partial charge in [0, 0.05) is 36.6 Å². The van der Waals surface area contributed by atoms with Crippen molar-refractivity contribution in [3.63, 3.8) is 0 Å². The smallest absolute Gasteiger partial charge is 0.324 e. The molecule has 2 atom stereocenters. The monoisotopic (exact) mass is 269 g/mol. The zero-order chi connectivity index (χ0) is 13.3. The van der Waals surface area contributed by atoms with Gasteiger partial charge in [-0.3, -0.25) is 14.9 Å². The number of hydrogen-bond donors (Lipinski definition) is 1. The van der Waals surface area contributed by atoms with E-state index < -0.39 is 4.92 Å². The summed E-state index contributed by atoms with van der Waals surface area (Å²) in [6.45, 7) is 5.40. The normalized spacial score (nSPS) is 24.0. The number of piperazine rings is 1. The molecule has 1 aliphatic rings. The predicted octanol–water partition coefficient (Wildman–Crippen LogP) is 1.48. The average Bonchev–Trinajstić information content (AvgIpc) is 2.81. The Bertz CT molecular complexity index is 474. The Balaban J connectivity index is 2.17. The summed E-state index contributed by atoms with van der Waals surface area (Å²) in [6, 6.07) is 1.67. The molecular weight excluding hydrogens is 254 g/mol. The van der Waals surface area contributed by atoms with Gasteiger partial charge in [0.2, 0.25) is 0 Å². The van der Waals surface area contributed by atoms with Crippen LogP contribution in [0.25, 0.3) is 0 Å². The summed E-state index contributed by atoms with van der Waals surface area (Å²) in [6.07, 6.45) is 0. The molecule has 18 heavy (non-hydrogen) atoms. The first-order valence-corrected chi connectivity index (χ1v) is 6.66. The van der Waals surface area contributed by atoms with Crippen molar-refractivity contribution in [1.29, 1.82) is 0 Å². The number of carbonyl (C=O) groups excluding carboxylic acids is 1. The van der Waals surface area contributed by atoms with Gasteiger partial charge in [-0.1, -0.05) is 11.3 Å². The Morgan fingerprint density at radius 1 is 1.61 bits per heavy atom. The summed E-state index contributed by atoms with van der Waals surface area (Å²) in [5, 5.41) is 15.5. The van der Waals surface area contributed by atoms with Crippen LogP contribution >= 0.6 is 11.3 Å². The van der Waals surface area contributed by atoms with E-state index >= 15 is 0 Å². The largest absolute Gasteiger partial charge is 0.333 e. The second-order valence-corrected chi connectivity index (χ2v) is 5.30. The van der Waals surface area contributed by atoms with Gasteiger partial charge in [-0.2, -0.15) is 0 Å². The summed E-state index contributed by atoms with van der Waals surface area (Å²) in [5.74, 6) is -0.125. The van der Waals surface area contributed by atoms with E-state index in [1.165, 1.54) is 6.07 Å². The van der Waals surface area contributed by atoms with E-state index in [-0.39, 0.29) is 23.0 Å². The number of thiophene rings is 1. The lowest BCUT2D eigenvalue weighted by atomic mass is 10.1. The van der Waals surface area contributed by atoms with Gasteiger partial charge in [0.25, 0.3) is 5.91 Å². The van der Waals surface area contributed by atoms with Crippen LogP contribution in [0.4, 0.5) is 5.00 Å². The topological polar surface area (TPSA) is 75.5 Å². The number of amides is 1. The Morgan fingerprint density at radius 3 is 2.94 bits per heavy atom. The van der Waals surface area contributed by atoms with E-state index in [2.05, 4.69) is 5.32 Å². The third-order valence-corrected chi connectivity index (χ3v) is 4.19. The lowest BCUT2D eigenvalue weighted by Gasteiger charge is -2.38. The molecule has 0 spiro atoms. The minimum Gasteiger partial charge on any atom is -0.333 e. The highest BCUT2D eigenvalue weighted by atomic mass is 32.1. The van der Waals surface area contributed by atoms with E-state index in [9.17, 15) is 14.9 Å². The van der Waals surface area contributed by atoms with Gasteiger partial charge in [-0.05, 0) is 13.8 Å². The molecule has 1 amide bonds. The van der Waals surface area contributed by atoms with Crippen LogP contribution < -0.4 is 5.32 Å². The van der Waals surface area contributed by atoms with Gasteiger partial charge in [-0.15, -0.1) is 0 Å². The highest BCUT2D eigenvalue weighted by Gasteiger charge is 2.29. The molecule has 2 rings (SSSR count). The standard InChI is InChI=1S/C11H15N3O3S/c1-7-8(2)13(4-3-12-7)11(15)9-5-10(14(16)17)18-6-9/h5-8,12H,3-4H2,1-2H3. The molecule has 7 heteroatoms.